The maximum Gasteiger partial charge on any atom is 0.142 e. The Hall–Kier alpha value is -1.83. The molecule has 0 atom stereocenters. The summed E-state index contributed by atoms with van der Waals surface area (Å²) in [6, 6.07) is 8.25. The minimum atomic E-state index is 0.815. The van der Waals surface area contributed by atoms with Crippen LogP contribution >= 0.6 is 0 Å². The molecule has 0 saturated carbocycles. The number of aryl methyl sites for hydroxylation is 1. The van der Waals surface area contributed by atoms with Gasteiger partial charge in [-0.3, -0.25) is 4.79 Å². The minimum absolute atomic E-state index is 0.815. The molecule has 2 aromatic rings. The van der Waals surface area contributed by atoms with Crippen molar-refractivity contribution in [3.8, 4) is 0 Å². The van der Waals surface area contributed by atoms with Gasteiger partial charge in [-0.05, 0) is 30.5 Å². The highest BCUT2D eigenvalue weighted by Crippen LogP contribution is 2.18. The summed E-state index contributed by atoms with van der Waals surface area (Å²) in [6.07, 6.45) is 8.17. The molecule has 0 fully saturated rings. The fourth-order valence-corrected chi connectivity index (χ4v) is 1.73. The van der Waals surface area contributed by atoms with Crippen LogP contribution in [-0.4, -0.2) is 11.3 Å². The summed E-state index contributed by atoms with van der Waals surface area (Å²) in [5.41, 5.74) is 2.48. The number of allylic oxidation sites excluding steroid dienone is 2. The number of H-pyrrole nitrogens is 1. The molecule has 0 unspecified atom stereocenters. The quantitative estimate of drug-likeness (QED) is 0.596. The summed E-state index contributed by atoms with van der Waals surface area (Å²) in [6.45, 7) is 0. The Labute approximate surface area is 88.6 Å². The molecule has 2 rings (SSSR count). The molecule has 0 spiro atoms. The van der Waals surface area contributed by atoms with E-state index in [2.05, 4.69) is 17.1 Å². The van der Waals surface area contributed by atoms with E-state index in [4.69, 9.17) is 0 Å². The van der Waals surface area contributed by atoms with Crippen molar-refractivity contribution in [1.82, 2.24) is 4.98 Å². The average molecular weight is 199 g/mol. The molecule has 1 N–H and O–H groups in total. The average Bonchev–Trinajstić information content (AvgIpc) is 2.68. The molecule has 0 aliphatic rings. The van der Waals surface area contributed by atoms with Crippen molar-refractivity contribution < 1.29 is 4.79 Å². The lowest BCUT2D eigenvalue weighted by Gasteiger charge is -1.94. The van der Waals surface area contributed by atoms with Gasteiger partial charge in [0.2, 0.25) is 0 Å². The summed E-state index contributed by atoms with van der Waals surface area (Å²) in [5.74, 6) is 0. The minimum Gasteiger partial charge on any atom is -0.361 e. The third-order valence-corrected chi connectivity index (χ3v) is 2.47. The lowest BCUT2D eigenvalue weighted by Crippen LogP contribution is -1.80. The van der Waals surface area contributed by atoms with Gasteiger partial charge in [0.15, 0.2) is 0 Å². The largest absolute Gasteiger partial charge is 0.361 e. The van der Waals surface area contributed by atoms with Crippen molar-refractivity contribution in [2.45, 2.75) is 12.8 Å². The number of aromatic nitrogens is 1. The molecular formula is C13H13NO. The van der Waals surface area contributed by atoms with E-state index in [0.29, 0.717) is 0 Å². The topological polar surface area (TPSA) is 32.9 Å². The second kappa shape index (κ2) is 4.60. The molecule has 0 aliphatic carbocycles. The van der Waals surface area contributed by atoms with Crippen molar-refractivity contribution in [2.75, 3.05) is 0 Å². The zero-order chi connectivity index (χ0) is 10.5. The van der Waals surface area contributed by atoms with E-state index in [9.17, 15) is 4.79 Å². The Morgan fingerprint density at radius 1 is 1.27 bits per heavy atom. The molecule has 2 nitrogen and oxygen atoms in total. The van der Waals surface area contributed by atoms with Crippen LogP contribution in [0.3, 0.4) is 0 Å². The van der Waals surface area contributed by atoms with Gasteiger partial charge in [-0.2, -0.15) is 0 Å². The van der Waals surface area contributed by atoms with Crippen molar-refractivity contribution in [3.63, 3.8) is 0 Å². The molecule has 76 valence electrons. The van der Waals surface area contributed by atoms with Crippen LogP contribution in [-0.2, 0) is 11.2 Å². The summed E-state index contributed by atoms with van der Waals surface area (Å²) in [7, 11) is 0. The molecule has 2 heteroatoms. The predicted molar refractivity (Wildman–Crippen MR) is 61.8 cm³/mol. The smallest absolute Gasteiger partial charge is 0.142 e. The Morgan fingerprint density at radius 3 is 3.00 bits per heavy atom. The van der Waals surface area contributed by atoms with Crippen molar-refractivity contribution in [3.05, 3.63) is 48.2 Å². The van der Waals surface area contributed by atoms with E-state index in [-0.39, 0.29) is 0 Å². The SMILES string of the molecule is O=C/C=C\CCc1c[nH]c2ccccc12. The van der Waals surface area contributed by atoms with Crippen LogP contribution in [0.25, 0.3) is 10.9 Å². The number of nitrogens with one attached hydrogen (secondary N) is 1. The monoisotopic (exact) mass is 199 g/mol. The third-order valence-electron chi connectivity index (χ3n) is 2.47. The maximum atomic E-state index is 10.1. The molecule has 1 heterocycles. The van der Waals surface area contributed by atoms with E-state index < -0.39 is 0 Å². The second-order valence-corrected chi connectivity index (χ2v) is 3.46. The van der Waals surface area contributed by atoms with Crippen LogP contribution < -0.4 is 0 Å². The first-order chi connectivity index (χ1) is 7.42. The second-order valence-electron chi connectivity index (χ2n) is 3.46. The van der Waals surface area contributed by atoms with Gasteiger partial charge < -0.3 is 4.98 Å². The van der Waals surface area contributed by atoms with Gasteiger partial charge in [0.1, 0.15) is 6.29 Å². The molecule has 1 aromatic carbocycles. The third kappa shape index (κ3) is 2.15. The lowest BCUT2D eigenvalue weighted by molar-refractivity contribution is -0.104. The first-order valence-electron chi connectivity index (χ1n) is 5.07. The van der Waals surface area contributed by atoms with Crippen molar-refractivity contribution in [2.24, 2.45) is 0 Å². The first kappa shape index (κ1) is 9.71. The molecule has 1 aromatic heterocycles. The Kier molecular flexibility index (Phi) is 2.98. The Morgan fingerprint density at radius 2 is 2.13 bits per heavy atom. The number of carbonyl (C=O) groups excluding carboxylic acids is 1. The zero-order valence-corrected chi connectivity index (χ0v) is 8.44. The van der Waals surface area contributed by atoms with Crippen molar-refractivity contribution in [1.29, 1.82) is 0 Å². The molecule has 0 amide bonds. The molecule has 0 bridgehead atoms. The van der Waals surface area contributed by atoms with Crippen LogP contribution in [0.4, 0.5) is 0 Å². The number of benzene rings is 1. The highest BCUT2D eigenvalue weighted by molar-refractivity contribution is 5.83. The number of aromatic amines is 1. The van der Waals surface area contributed by atoms with E-state index in [1.165, 1.54) is 16.5 Å². The molecule has 0 saturated heterocycles. The van der Waals surface area contributed by atoms with Gasteiger partial charge in [0.05, 0.1) is 0 Å². The van der Waals surface area contributed by atoms with Gasteiger partial charge in [0.25, 0.3) is 0 Å². The number of rotatable bonds is 4. The van der Waals surface area contributed by atoms with Crippen LogP contribution in [0.2, 0.25) is 0 Å². The fraction of sp³-hybridized carbons (Fsp3) is 0.154. The highest BCUT2D eigenvalue weighted by Gasteiger charge is 2.00. The maximum absolute atomic E-state index is 10.1. The van der Waals surface area contributed by atoms with Crippen LogP contribution in [0, 0.1) is 0 Å². The van der Waals surface area contributed by atoms with Gasteiger partial charge in [-0.15, -0.1) is 0 Å². The summed E-state index contributed by atoms with van der Waals surface area (Å²) in [4.78, 5) is 13.3. The molecular weight excluding hydrogens is 186 g/mol. The van der Waals surface area contributed by atoms with E-state index in [1.807, 2.05) is 24.4 Å². The normalized spacial score (nSPS) is 11.2. The van der Waals surface area contributed by atoms with Crippen molar-refractivity contribution >= 4 is 17.2 Å². The van der Waals surface area contributed by atoms with Crippen LogP contribution in [0.15, 0.2) is 42.6 Å². The summed E-state index contributed by atoms with van der Waals surface area (Å²) in [5, 5.41) is 1.28. The fourth-order valence-electron chi connectivity index (χ4n) is 1.73. The molecule has 0 radical (unpaired) electrons. The number of hydrogen-bond donors (Lipinski definition) is 1. The molecule has 0 aliphatic heterocycles. The Balaban J connectivity index is 2.14. The van der Waals surface area contributed by atoms with Gasteiger partial charge in [-0.1, -0.05) is 24.3 Å². The van der Waals surface area contributed by atoms with Gasteiger partial charge >= 0.3 is 0 Å². The standard InChI is InChI=1S/C13H13NO/c15-9-5-1-2-6-11-10-14-13-8-4-3-7-12(11)13/h1,3-5,7-10,14H,2,6H2/b5-1-. The zero-order valence-electron chi connectivity index (χ0n) is 8.44. The number of aldehydes is 1. The number of para-hydroxylation sites is 1. The van der Waals surface area contributed by atoms with E-state index in [0.717, 1.165) is 19.1 Å². The summed E-state index contributed by atoms with van der Waals surface area (Å²) >= 11 is 0. The lowest BCUT2D eigenvalue weighted by atomic mass is 10.1. The van der Waals surface area contributed by atoms with E-state index >= 15 is 0 Å². The summed E-state index contributed by atoms with van der Waals surface area (Å²) < 4.78 is 0. The van der Waals surface area contributed by atoms with E-state index in [1.54, 1.807) is 6.08 Å². The Bertz CT molecular complexity index is 482. The van der Waals surface area contributed by atoms with Gasteiger partial charge in [0, 0.05) is 17.1 Å². The predicted octanol–water partition coefficient (Wildman–Crippen LogP) is 2.86. The number of fused-ring (bicyclic) bond motifs is 1. The first-order valence-corrected chi connectivity index (χ1v) is 5.07. The molecule has 15 heavy (non-hydrogen) atoms. The van der Waals surface area contributed by atoms with Gasteiger partial charge in [-0.25, -0.2) is 0 Å². The van der Waals surface area contributed by atoms with Crippen LogP contribution in [0.5, 0.6) is 0 Å². The van der Waals surface area contributed by atoms with Crippen LogP contribution in [0.1, 0.15) is 12.0 Å². The number of hydrogen-bond acceptors (Lipinski definition) is 1. The highest BCUT2D eigenvalue weighted by atomic mass is 16.1. The number of carbonyl (C=O) groups is 1.